The monoisotopic (exact) mass is 453 g/mol. The zero-order chi connectivity index (χ0) is 22.2. The number of nitrogens with zero attached hydrogens (tertiary/aromatic N) is 3. The van der Waals surface area contributed by atoms with Gasteiger partial charge in [0.15, 0.2) is 4.80 Å². The van der Waals surface area contributed by atoms with Crippen LogP contribution >= 0.6 is 11.3 Å². The smallest absolute Gasteiger partial charge is 0.266 e. The summed E-state index contributed by atoms with van der Waals surface area (Å²) in [7, 11) is -3.78. The first-order valence-corrected chi connectivity index (χ1v) is 12.3. The molecular formula is C23H23N3O3S2. The molecule has 1 unspecified atom stereocenters. The van der Waals surface area contributed by atoms with Crippen LogP contribution in [0.15, 0.2) is 52.4 Å². The molecule has 1 saturated heterocycles. The maximum atomic E-state index is 13.2. The van der Waals surface area contributed by atoms with Gasteiger partial charge in [0.25, 0.3) is 5.91 Å². The zero-order valence-corrected chi connectivity index (χ0v) is 19.0. The van der Waals surface area contributed by atoms with Gasteiger partial charge in [-0.15, -0.1) is 6.42 Å². The number of fused-ring (bicyclic) bond motifs is 1. The van der Waals surface area contributed by atoms with Crippen molar-refractivity contribution in [1.82, 2.24) is 8.87 Å². The fraction of sp³-hybridized carbons (Fsp3) is 0.304. The van der Waals surface area contributed by atoms with E-state index in [1.807, 2.05) is 36.6 Å². The molecule has 1 aromatic heterocycles. The highest BCUT2D eigenvalue weighted by molar-refractivity contribution is 7.89. The summed E-state index contributed by atoms with van der Waals surface area (Å²) < 4.78 is 30.4. The minimum Gasteiger partial charge on any atom is -0.305 e. The van der Waals surface area contributed by atoms with Crippen LogP contribution in [0.25, 0.3) is 10.2 Å². The molecule has 160 valence electrons. The minimum absolute atomic E-state index is 0.192. The van der Waals surface area contributed by atoms with E-state index in [9.17, 15) is 13.2 Å². The van der Waals surface area contributed by atoms with E-state index in [0.717, 1.165) is 21.3 Å². The van der Waals surface area contributed by atoms with E-state index in [1.54, 1.807) is 24.3 Å². The fourth-order valence-electron chi connectivity index (χ4n) is 3.80. The molecule has 1 fully saturated rings. The Bertz CT molecular complexity index is 1360. The molecule has 0 saturated carbocycles. The number of sulfonamides is 1. The Hall–Kier alpha value is -2.73. The third kappa shape index (κ3) is 4.09. The summed E-state index contributed by atoms with van der Waals surface area (Å²) >= 11 is 1.38. The summed E-state index contributed by atoms with van der Waals surface area (Å²) in [5.41, 5.74) is 2.99. The first kappa shape index (κ1) is 21.5. The number of aryl methyl sites for hydroxylation is 2. The van der Waals surface area contributed by atoms with Crippen LogP contribution < -0.4 is 4.80 Å². The van der Waals surface area contributed by atoms with Gasteiger partial charge in [0.2, 0.25) is 10.0 Å². The number of hydrogen-bond acceptors (Lipinski definition) is 4. The van der Waals surface area contributed by atoms with Crippen molar-refractivity contribution >= 4 is 37.5 Å². The molecule has 1 aliphatic heterocycles. The minimum atomic E-state index is -3.78. The lowest BCUT2D eigenvalue weighted by Gasteiger charge is -2.21. The van der Waals surface area contributed by atoms with E-state index in [1.165, 1.54) is 15.6 Å². The van der Waals surface area contributed by atoms with Gasteiger partial charge in [-0.3, -0.25) is 4.79 Å². The maximum absolute atomic E-state index is 13.2. The number of benzene rings is 2. The molecule has 0 aliphatic carbocycles. The summed E-state index contributed by atoms with van der Waals surface area (Å²) in [6.07, 6.45) is 6.61. The molecule has 1 aliphatic rings. The average molecular weight is 454 g/mol. The Labute approximate surface area is 185 Å². The Morgan fingerprint density at radius 2 is 1.90 bits per heavy atom. The second-order valence-electron chi connectivity index (χ2n) is 7.68. The van der Waals surface area contributed by atoms with Gasteiger partial charge < -0.3 is 4.57 Å². The van der Waals surface area contributed by atoms with Crippen LogP contribution in [0, 0.1) is 26.2 Å². The second-order valence-corrected chi connectivity index (χ2v) is 10.6. The van der Waals surface area contributed by atoms with Gasteiger partial charge in [0, 0.05) is 6.54 Å². The van der Waals surface area contributed by atoms with E-state index in [-0.39, 0.29) is 11.4 Å². The lowest BCUT2D eigenvalue weighted by molar-refractivity contribution is -0.121. The third-order valence-corrected chi connectivity index (χ3v) is 8.37. The molecule has 1 amide bonds. The molecule has 4 rings (SSSR count). The van der Waals surface area contributed by atoms with Gasteiger partial charge in [0.1, 0.15) is 6.04 Å². The fourth-order valence-corrected chi connectivity index (χ4v) is 6.58. The first-order chi connectivity index (χ1) is 14.8. The molecule has 0 N–H and O–H groups in total. The molecule has 2 aromatic carbocycles. The summed E-state index contributed by atoms with van der Waals surface area (Å²) in [6, 6.07) is 11.8. The van der Waals surface area contributed by atoms with Crippen LogP contribution in [0.5, 0.6) is 0 Å². The molecule has 2 heterocycles. The van der Waals surface area contributed by atoms with E-state index in [4.69, 9.17) is 6.42 Å². The van der Waals surface area contributed by atoms with Crippen molar-refractivity contribution in [2.24, 2.45) is 4.99 Å². The Morgan fingerprint density at radius 3 is 2.61 bits per heavy atom. The van der Waals surface area contributed by atoms with Gasteiger partial charge in [-0.2, -0.15) is 9.30 Å². The normalized spacial score (nSPS) is 17.8. The van der Waals surface area contributed by atoms with Crippen LogP contribution in [-0.2, 0) is 21.4 Å². The molecule has 0 radical (unpaired) electrons. The van der Waals surface area contributed by atoms with Crippen molar-refractivity contribution in [3.63, 3.8) is 0 Å². The molecule has 31 heavy (non-hydrogen) atoms. The SMILES string of the molecule is C#CCn1c(=NC(=O)C2CCCN2S(=O)(=O)c2ccc(C)cc2)sc2cc(C)ccc21. The molecule has 3 aromatic rings. The number of thiazole rings is 1. The number of amides is 1. The Morgan fingerprint density at radius 1 is 1.19 bits per heavy atom. The van der Waals surface area contributed by atoms with Gasteiger partial charge in [-0.25, -0.2) is 8.42 Å². The Balaban J connectivity index is 1.72. The first-order valence-electron chi connectivity index (χ1n) is 10.0. The van der Waals surface area contributed by atoms with Crippen molar-refractivity contribution in [2.75, 3.05) is 6.54 Å². The van der Waals surface area contributed by atoms with Crippen LogP contribution in [-0.4, -0.2) is 35.8 Å². The average Bonchev–Trinajstić information content (AvgIpc) is 3.34. The number of carbonyl (C=O) groups is 1. The molecule has 8 heteroatoms. The largest absolute Gasteiger partial charge is 0.305 e. The maximum Gasteiger partial charge on any atom is 0.266 e. The van der Waals surface area contributed by atoms with Crippen LogP contribution in [0.3, 0.4) is 0 Å². The van der Waals surface area contributed by atoms with Crippen molar-refractivity contribution in [2.45, 2.75) is 44.2 Å². The topological polar surface area (TPSA) is 71.7 Å². The number of terminal acetylenes is 1. The van der Waals surface area contributed by atoms with Crippen LogP contribution in [0.2, 0.25) is 0 Å². The standard InChI is InChI=1S/C23H23N3O3S2/c1-4-13-25-19-12-9-17(3)15-21(19)30-23(25)24-22(27)20-6-5-14-26(20)31(28,29)18-10-7-16(2)8-11-18/h1,7-12,15,20H,5-6,13-14H2,2-3H3. The van der Waals surface area contributed by atoms with Gasteiger partial charge in [-0.1, -0.05) is 41.0 Å². The predicted molar refractivity (Wildman–Crippen MR) is 122 cm³/mol. The van der Waals surface area contributed by atoms with E-state index >= 15 is 0 Å². The summed E-state index contributed by atoms with van der Waals surface area (Å²) in [5.74, 6) is 2.15. The van der Waals surface area contributed by atoms with Crippen molar-refractivity contribution in [1.29, 1.82) is 0 Å². The predicted octanol–water partition coefficient (Wildman–Crippen LogP) is 3.23. The number of hydrogen-bond donors (Lipinski definition) is 0. The zero-order valence-electron chi connectivity index (χ0n) is 17.4. The summed E-state index contributed by atoms with van der Waals surface area (Å²) in [5, 5.41) is 0. The quantitative estimate of drug-likeness (QED) is 0.570. The van der Waals surface area contributed by atoms with E-state index < -0.39 is 22.0 Å². The molecule has 1 atom stereocenters. The second kappa shape index (κ2) is 8.42. The van der Waals surface area contributed by atoms with Gasteiger partial charge in [-0.05, 0) is 56.5 Å². The molecule has 6 nitrogen and oxygen atoms in total. The van der Waals surface area contributed by atoms with Crippen LogP contribution in [0.4, 0.5) is 0 Å². The van der Waals surface area contributed by atoms with Gasteiger partial charge >= 0.3 is 0 Å². The summed E-state index contributed by atoms with van der Waals surface area (Å²) in [4.78, 5) is 18.1. The molecule has 0 spiro atoms. The van der Waals surface area contributed by atoms with Crippen molar-refractivity contribution in [3.8, 4) is 12.3 Å². The number of aromatic nitrogens is 1. The Kier molecular flexibility index (Phi) is 5.84. The van der Waals surface area contributed by atoms with Crippen LogP contribution in [0.1, 0.15) is 24.0 Å². The number of rotatable bonds is 4. The highest BCUT2D eigenvalue weighted by atomic mass is 32.2. The highest BCUT2D eigenvalue weighted by Gasteiger charge is 2.39. The molecular weight excluding hydrogens is 430 g/mol. The van der Waals surface area contributed by atoms with Gasteiger partial charge in [0.05, 0.1) is 21.7 Å². The van der Waals surface area contributed by atoms with Crippen molar-refractivity contribution < 1.29 is 13.2 Å². The number of carbonyl (C=O) groups excluding carboxylic acids is 1. The van der Waals surface area contributed by atoms with E-state index in [0.29, 0.717) is 24.2 Å². The highest BCUT2D eigenvalue weighted by Crippen LogP contribution is 2.27. The summed E-state index contributed by atoms with van der Waals surface area (Å²) in [6.45, 7) is 4.48. The lowest BCUT2D eigenvalue weighted by Crippen LogP contribution is -2.40. The van der Waals surface area contributed by atoms with Crippen molar-refractivity contribution in [3.05, 3.63) is 58.4 Å². The molecule has 0 bridgehead atoms. The lowest BCUT2D eigenvalue weighted by atomic mass is 10.2. The third-order valence-electron chi connectivity index (χ3n) is 5.41. The van der Waals surface area contributed by atoms with E-state index in [2.05, 4.69) is 10.9 Å².